The van der Waals surface area contributed by atoms with Gasteiger partial charge in [0.15, 0.2) is 0 Å². The van der Waals surface area contributed by atoms with Gasteiger partial charge in [-0.05, 0) is 23.8 Å². The van der Waals surface area contributed by atoms with Crippen molar-refractivity contribution >= 4 is 0 Å². The molecule has 128 valence electrons. The number of nitrogens with zero attached hydrogens (tertiary/aromatic N) is 2. The van der Waals surface area contributed by atoms with Crippen LogP contribution in [0, 0.1) is 0 Å². The van der Waals surface area contributed by atoms with E-state index in [0.717, 1.165) is 12.1 Å². The van der Waals surface area contributed by atoms with Crippen LogP contribution < -0.4 is 10.1 Å². The molecule has 1 aliphatic heterocycles. The second kappa shape index (κ2) is 7.14. The molecule has 5 nitrogen and oxygen atoms in total. The molecule has 0 unspecified atom stereocenters. The van der Waals surface area contributed by atoms with Gasteiger partial charge in [0.2, 0.25) is 0 Å². The highest BCUT2D eigenvalue weighted by atomic mass is 19.4. The van der Waals surface area contributed by atoms with Crippen LogP contribution in [0.4, 0.5) is 13.2 Å². The van der Waals surface area contributed by atoms with Gasteiger partial charge < -0.3 is 14.8 Å². The van der Waals surface area contributed by atoms with Crippen LogP contribution in [0.1, 0.15) is 11.1 Å². The van der Waals surface area contributed by atoms with Crippen molar-refractivity contribution in [1.29, 1.82) is 0 Å². The number of aromatic nitrogens is 2. The first-order chi connectivity index (χ1) is 11.5. The molecule has 2 heterocycles. The number of rotatable bonds is 5. The Labute approximate surface area is 136 Å². The van der Waals surface area contributed by atoms with Gasteiger partial charge in [0.1, 0.15) is 12.2 Å². The highest BCUT2D eigenvalue weighted by Crippen LogP contribution is 2.29. The topological polar surface area (TPSA) is 56.3 Å². The molecule has 1 aromatic heterocycles. The lowest BCUT2D eigenvalue weighted by molar-refractivity contribution is -0.137. The molecule has 1 fully saturated rings. The molecular weight excluding hydrogens is 323 g/mol. The van der Waals surface area contributed by atoms with Gasteiger partial charge in [0.05, 0.1) is 12.2 Å². The first-order valence-corrected chi connectivity index (χ1v) is 7.44. The molecule has 2 atom stereocenters. The maximum atomic E-state index is 12.5. The Kier molecular flexibility index (Phi) is 4.96. The molecule has 0 spiro atoms. The normalized spacial score (nSPS) is 21.0. The summed E-state index contributed by atoms with van der Waals surface area (Å²) in [7, 11) is 0. The fourth-order valence-corrected chi connectivity index (χ4v) is 2.39. The van der Waals surface area contributed by atoms with Gasteiger partial charge in [-0.25, -0.2) is 9.97 Å². The number of hydrogen-bond acceptors (Lipinski definition) is 5. The smallest absolute Gasteiger partial charge is 0.416 e. The van der Waals surface area contributed by atoms with E-state index in [0.29, 0.717) is 18.7 Å². The molecule has 1 aliphatic rings. The van der Waals surface area contributed by atoms with Crippen LogP contribution in [0.2, 0.25) is 0 Å². The van der Waals surface area contributed by atoms with Gasteiger partial charge in [0.25, 0.3) is 0 Å². The first-order valence-electron chi connectivity index (χ1n) is 7.44. The number of benzene rings is 1. The van der Waals surface area contributed by atoms with Crippen molar-refractivity contribution in [3.05, 3.63) is 53.9 Å². The van der Waals surface area contributed by atoms with Crippen molar-refractivity contribution in [3.8, 4) is 6.01 Å². The summed E-state index contributed by atoms with van der Waals surface area (Å²) < 4.78 is 49.1. The van der Waals surface area contributed by atoms with Crippen molar-refractivity contribution in [1.82, 2.24) is 15.3 Å². The van der Waals surface area contributed by atoms with Crippen LogP contribution in [0.5, 0.6) is 6.01 Å². The third-order valence-corrected chi connectivity index (χ3v) is 3.65. The minimum atomic E-state index is -4.33. The van der Waals surface area contributed by atoms with E-state index in [1.165, 1.54) is 12.1 Å². The third-order valence-electron chi connectivity index (χ3n) is 3.65. The minimum absolute atomic E-state index is 0.208. The Morgan fingerprint density at radius 2 is 1.71 bits per heavy atom. The molecule has 0 saturated carbocycles. The number of hydrogen-bond donors (Lipinski definition) is 1. The SMILES string of the molecule is FC(F)(F)c1ccc(CO[C@H]2CNC[C@@H]2Oc2ncccn2)cc1. The Bertz CT molecular complexity index is 650. The molecule has 1 N–H and O–H groups in total. The van der Waals surface area contributed by atoms with Gasteiger partial charge in [-0.3, -0.25) is 0 Å². The summed E-state index contributed by atoms with van der Waals surface area (Å²) in [6, 6.07) is 6.91. The van der Waals surface area contributed by atoms with Crippen LogP contribution >= 0.6 is 0 Å². The van der Waals surface area contributed by atoms with Crippen molar-refractivity contribution < 1.29 is 22.6 Å². The van der Waals surface area contributed by atoms with Gasteiger partial charge >= 0.3 is 12.2 Å². The van der Waals surface area contributed by atoms with Crippen LogP contribution in [0.3, 0.4) is 0 Å². The highest BCUT2D eigenvalue weighted by molar-refractivity contribution is 5.24. The lowest BCUT2D eigenvalue weighted by Gasteiger charge is -2.19. The monoisotopic (exact) mass is 339 g/mol. The molecule has 2 aromatic rings. The maximum Gasteiger partial charge on any atom is 0.416 e. The summed E-state index contributed by atoms with van der Waals surface area (Å²) in [5.41, 5.74) is 0.000769. The predicted octanol–water partition coefficient (Wildman–Crippen LogP) is 2.43. The molecule has 0 bridgehead atoms. The molecular formula is C16H16F3N3O2. The summed E-state index contributed by atoms with van der Waals surface area (Å²) >= 11 is 0. The first kappa shape index (κ1) is 16.7. The minimum Gasteiger partial charge on any atom is -0.456 e. The second-order valence-corrected chi connectivity index (χ2v) is 5.39. The lowest BCUT2D eigenvalue weighted by atomic mass is 10.1. The quantitative estimate of drug-likeness (QED) is 0.907. The van der Waals surface area contributed by atoms with Gasteiger partial charge in [-0.1, -0.05) is 12.1 Å². The van der Waals surface area contributed by atoms with Crippen molar-refractivity contribution in [2.45, 2.75) is 25.0 Å². The van der Waals surface area contributed by atoms with E-state index in [1.54, 1.807) is 18.5 Å². The molecule has 24 heavy (non-hydrogen) atoms. The summed E-state index contributed by atoms with van der Waals surface area (Å²) in [5.74, 6) is 0. The van der Waals surface area contributed by atoms with Crippen LogP contribution in [-0.2, 0) is 17.5 Å². The molecule has 0 amide bonds. The zero-order chi connectivity index (χ0) is 17.0. The van der Waals surface area contributed by atoms with E-state index in [2.05, 4.69) is 15.3 Å². The van der Waals surface area contributed by atoms with Crippen molar-refractivity contribution in [3.63, 3.8) is 0 Å². The number of halogens is 3. The number of alkyl halides is 3. The standard InChI is InChI=1S/C16H16F3N3O2/c17-16(18,19)12-4-2-11(3-5-12)10-23-13-8-20-9-14(13)24-15-21-6-1-7-22-15/h1-7,13-14,20H,8-10H2/t13-,14-/m0/s1. The van der Waals surface area contributed by atoms with Crippen LogP contribution in [-0.4, -0.2) is 35.3 Å². The van der Waals surface area contributed by atoms with E-state index in [9.17, 15) is 13.2 Å². The highest BCUT2D eigenvalue weighted by Gasteiger charge is 2.31. The Morgan fingerprint density at radius 1 is 1.04 bits per heavy atom. The largest absolute Gasteiger partial charge is 0.456 e. The van der Waals surface area contributed by atoms with E-state index in [1.807, 2.05) is 0 Å². The zero-order valence-corrected chi connectivity index (χ0v) is 12.7. The van der Waals surface area contributed by atoms with Gasteiger partial charge in [-0.2, -0.15) is 13.2 Å². The molecule has 1 aromatic carbocycles. The molecule has 3 rings (SSSR count). The van der Waals surface area contributed by atoms with Crippen LogP contribution in [0.15, 0.2) is 42.7 Å². The molecule has 1 saturated heterocycles. The number of ether oxygens (including phenoxy) is 2. The van der Waals surface area contributed by atoms with Crippen LogP contribution in [0.25, 0.3) is 0 Å². The summed E-state index contributed by atoms with van der Waals surface area (Å²) in [5, 5.41) is 3.15. The maximum absolute atomic E-state index is 12.5. The fourth-order valence-electron chi connectivity index (χ4n) is 2.39. The predicted molar refractivity (Wildman–Crippen MR) is 79.3 cm³/mol. The average Bonchev–Trinajstić information content (AvgIpc) is 3.00. The third kappa shape index (κ3) is 4.21. The van der Waals surface area contributed by atoms with E-state index < -0.39 is 11.7 Å². The van der Waals surface area contributed by atoms with Gasteiger partial charge in [0, 0.05) is 25.5 Å². The average molecular weight is 339 g/mol. The Balaban J connectivity index is 1.55. The lowest BCUT2D eigenvalue weighted by Crippen LogP contribution is -2.33. The molecule has 0 radical (unpaired) electrons. The van der Waals surface area contributed by atoms with Gasteiger partial charge in [-0.15, -0.1) is 0 Å². The molecule has 0 aliphatic carbocycles. The van der Waals surface area contributed by atoms with E-state index in [4.69, 9.17) is 9.47 Å². The zero-order valence-electron chi connectivity index (χ0n) is 12.7. The van der Waals surface area contributed by atoms with E-state index in [-0.39, 0.29) is 24.8 Å². The Morgan fingerprint density at radius 3 is 2.38 bits per heavy atom. The number of nitrogens with one attached hydrogen (secondary N) is 1. The summed E-state index contributed by atoms with van der Waals surface area (Å²) in [6.07, 6.45) is -1.63. The van der Waals surface area contributed by atoms with Crippen molar-refractivity contribution in [2.24, 2.45) is 0 Å². The van der Waals surface area contributed by atoms with E-state index >= 15 is 0 Å². The molecule has 8 heteroatoms. The fraction of sp³-hybridized carbons (Fsp3) is 0.375. The Hall–Kier alpha value is -2.19. The van der Waals surface area contributed by atoms with Crippen molar-refractivity contribution in [2.75, 3.05) is 13.1 Å². The second-order valence-electron chi connectivity index (χ2n) is 5.39. The summed E-state index contributed by atoms with van der Waals surface area (Å²) in [6.45, 7) is 1.40. The summed E-state index contributed by atoms with van der Waals surface area (Å²) in [4.78, 5) is 8.01.